The maximum atomic E-state index is 13.6. The van der Waals surface area contributed by atoms with Crippen LogP contribution in [0.25, 0.3) is 11.0 Å². The number of hydrogen-bond acceptors (Lipinski definition) is 6. The van der Waals surface area contributed by atoms with Gasteiger partial charge in [0, 0.05) is 5.02 Å². The third kappa shape index (κ3) is 3.07. The smallest absolute Gasteiger partial charge is 0.297 e. The standard InChI is InChI=1S/C23H18ClN3O3S/c1-4-17-25-26-23(31-17)27-19(13-7-5-11(2)6-8-13)18-20(28)14-10-15(24)12(3)9-16(14)30-21(18)22(27)29/h5-10,19H,4H2,1-3H3. The van der Waals surface area contributed by atoms with Crippen molar-refractivity contribution in [3.8, 4) is 0 Å². The number of carbonyl (C=O) groups excluding carboxylic acids is 1. The van der Waals surface area contributed by atoms with Crippen LogP contribution in [0.4, 0.5) is 5.13 Å². The highest BCUT2D eigenvalue weighted by atomic mass is 35.5. The van der Waals surface area contributed by atoms with Gasteiger partial charge in [-0.25, -0.2) is 0 Å². The largest absolute Gasteiger partial charge is 0.450 e. The molecule has 2 aromatic carbocycles. The minimum absolute atomic E-state index is 0.0399. The monoisotopic (exact) mass is 451 g/mol. The molecule has 3 heterocycles. The fraction of sp³-hybridized carbons (Fsp3) is 0.217. The Hall–Kier alpha value is -3.03. The summed E-state index contributed by atoms with van der Waals surface area (Å²) in [5.41, 5.74) is 3.03. The molecule has 1 atom stereocenters. The Kier molecular flexibility index (Phi) is 4.68. The van der Waals surface area contributed by atoms with Gasteiger partial charge in [0.2, 0.25) is 10.9 Å². The molecule has 4 aromatic rings. The van der Waals surface area contributed by atoms with Gasteiger partial charge in [0.15, 0.2) is 5.43 Å². The van der Waals surface area contributed by atoms with Crippen molar-refractivity contribution in [1.29, 1.82) is 0 Å². The van der Waals surface area contributed by atoms with Crippen LogP contribution in [0.2, 0.25) is 5.02 Å². The first kappa shape index (κ1) is 19.9. The van der Waals surface area contributed by atoms with Gasteiger partial charge in [0.1, 0.15) is 10.6 Å². The lowest BCUT2D eigenvalue weighted by Crippen LogP contribution is -2.29. The molecule has 0 saturated carbocycles. The van der Waals surface area contributed by atoms with Gasteiger partial charge in [0.05, 0.1) is 17.0 Å². The van der Waals surface area contributed by atoms with Crippen molar-refractivity contribution in [2.24, 2.45) is 0 Å². The molecule has 1 unspecified atom stereocenters. The van der Waals surface area contributed by atoms with Gasteiger partial charge in [-0.1, -0.05) is 59.7 Å². The molecule has 1 amide bonds. The molecule has 0 spiro atoms. The van der Waals surface area contributed by atoms with Crippen molar-refractivity contribution >= 4 is 44.9 Å². The van der Waals surface area contributed by atoms with Crippen LogP contribution in [-0.4, -0.2) is 16.1 Å². The molecule has 0 fully saturated rings. The molecular formula is C23H18ClN3O3S. The molecule has 2 aromatic heterocycles. The van der Waals surface area contributed by atoms with E-state index in [2.05, 4.69) is 10.2 Å². The number of carbonyl (C=O) groups is 1. The summed E-state index contributed by atoms with van der Waals surface area (Å²) in [6.45, 7) is 5.79. The molecule has 8 heteroatoms. The summed E-state index contributed by atoms with van der Waals surface area (Å²) in [5, 5.41) is 10.5. The van der Waals surface area contributed by atoms with Gasteiger partial charge < -0.3 is 4.42 Å². The van der Waals surface area contributed by atoms with E-state index in [1.807, 2.05) is 45.0 Å². The number of aromatic nitrogens is 2. The molecule has 1 aliphatic rings. The van der Waals surface area contributed by atoms with E-state index in [1.54, 1.807) is 12.1 Å². The summed E-state index contributed by atoms with van der Waals surface area (Å²) in [4.78, 5) is 28.6. The number of nitrogens with zero attached hydrogens (tertiary/aromatic N) is 3. The third-order valence-electron chi connectivity index (χ3n) is 5.51. The first-order valence-corrected chi connectivity index (χ1v) is 11.1. The lowest BCUT2D eigenvalue weighted by Gasteiger charge is -2.22. The van der Waals surface area contributed by atoms with Crippen molar-refractivity contribution in [3.05, 3.63) is 84.7 Å². The Morgan fingerprint density at radius 2 is 1.87 bits per heavy atom. The highest BCUT2D eigenvalue weighted by Crippen LogP contribution is 2.42. The molecule has 156 valence electrons. The third-order valence-corrected chi connectivity index (χ3v) is 6.98. The SMILES string of the molecule is CCc1nnc(N2C(=O)c3oc4cc(C)c(Cl)cc4c(=O)c3C2c2ccc(C)cc2)s1. The van der Waals surface area contributed by atoms with E-state index >= 15 is 0 Å². The quantitative estimate of drug-likeness (QED) is 0.426. The van der Waals surface area contributed by atoms with Gasteiger partial charge in [0.25, 0.3) is 5.91 Å². The Balaban J connectivity index is 1.81. The Morgan fingerprint density at radius 1 is 1.13 bits per heavy atom. The van der Waals surface area contributed by atoms with Crippen molar-refractivity contribution in [1.82, 2.24) is 10.2 Å². The fourth-order valence-electron chi connectivity index (χ4n) is 3.84. The summed E-state index contributed by atoms with van der Waals surface area (Å²) in [7, 11) is 0. The molecule has 6 nitrogen and oxygen atoms in total. The van der Waals surface area contributed by atoms with Crippen LogP contribution in [0.15, 0.2) is 45.6 Å². The first-order chi connectivity index (χ1) is 14.9. The predicted octanol–water partition coefficient (Wildman–Crippen LogP) is 5.23. The normalized spacial score (nSPS) is 15.7. The number of aryl methyl sites for hydroxylation is 3. The number of fused-ring (bicyclic) bond motifs is 2. The van der Waals surface area contributed by atoms with Crippen LogP contribution in [0, 0.1) is 13.8 Å². The van der Waals surface area contributed by atoms with Crippen LogP contribution < -0.4 is 10.3 Å². The highest BCUT2D eigenvalue weighted by Gasteiger charge is 2.45. The van der Waals surface area contributed by atoms with Crippen molar-refractivity contribution < 1.29 is 9.21 Å². The highest BCUT2D eigenvalue weighted by molar-refractivity contribution is 7.15. The van der Waals surface area contributed by atoms with Gasteiger partial charge in [-0.15, -0.1) is 10.2 Å². The summed E-state index contributed by atoms with van der Waals surface area (Å²) < 4.78 is 6.00. The van der Waals surface area contributed by atoms with Crippen LogP contribution in [0.1, 0.15) is 50.8 Å². The Bertz CT molecular complexity index is 1410. The predicted molar refractivity (Wildman–Crippen MR) is 121 cm³/mol. The molecule has 0 saturated heterocycles. The summed E-state index contributed by atoms with van der Waals surface area (Å²) in [5.74, 6) is -0.357. The number of hydrogen-bond donors (Lipinski definition) is 0. The maximum Gasteiger partial charge on any atom is 0.297 e. The van der Waals surface area contributed by atoms with E-state index in [4.69, 9.17) is 16.0 Å². The van der Waals surface area contributed by atoms with Gasteiger partial charge >= 0.3 is 0 Å². The lowest BCUT2D eigenvalue weighted by atomic mass is 9.97. The van der Waals surface area contributed by atoms with Crippen molar-refractivity contribution in [3.63, 3.8) is 0 Å². The zero-order chi connectivity index (χ0) is 21.9. The lowest BCUT2D eigenvalue weighted by molar-refractivity contribution is 0.0970. The van der Waals surface area contributed by atoms with E-state index in [1.165, 1.54) is 16.2 Å². The zero-order valence-corrected chi connectivity index (χ0v) is 18.7. The van der Waals surface area contributed by atoms with Crippen LogP contribution in [0.5, 0.6) is 0 Å². The maximum absolute atomic E-state index is 13.6. The number of amides is 1. The summed E-state index contributed by atoms with van der Waals surface area (Å²) >= 11 is 7.62. The average Bonchev–Trinajstić information content (AvgIpc) is 3.33. The Labute approximate surface area is 187 Å². The summed E-state index contributed by atoms with van der Waals surface area (Å²) in [6.07, 6.45) is 0.709. The molecule has 5 rings (SSSR count). The summed E-state index contributed by atoms with van der Waals surface area (Å²) in [6, 6.07) is 10.4. The van der Waals surface area contributed by atoms with E-state index < -0.39 is 11.9 Å². The fourth-order valence-corrected chi connectivity index (χ4v) is 4.81. The molecular weight excluding hydrogens is 434 g/mol. The topological polar surface area (TPSA) is 76.3 Å². The average molecular weight is 452 g/mol. The van der Waals surface area contributed by atoms with Gasteiger partial charge in [-0.2, -0.15) is 0 Å². The molecule has 0 N–H and O–H groups in total. The molecule has 0 radical (unpaired) electrons. The van der Waals surface area contributed by atoms with Crippen LogP contribution in [0.3, 0.4) is 0 Å². The van der Waals surface area contributed by atoms with Crippen LogP contribution >= 0.6 is 22.9 Å². The van der Waals surface area contributed by atoms with E-state index in [9.17, 15) is 9.59 Å². The van der Waals surface area contributed by atoms with E-state index in [0.717, 1.165) is 21.7 Å². The molecule has 31 heavy (non-hydrogen) atoms. The number of rotatable bonds is 3. The first-order valence-electron chi connectivity index (χ1n) is 9.88. The van der Waals surface area contributed by atoms with Crippen LogP contribution in [-0.2, 0) is 6.42 Å². The number of anilines is 1. The van der Waals surface area contributed by atoms with Gasteiger partial charge in [-0.05, 0) is 43.5 Å². The van der Waals surface area contributed by atoms with Crippen molar-refractivity contribution in [2.45, 2.75) is 33.2 Å². The second-order valence-electron chi connectivity index (χ2n) is 7.59. The number of halogens is 1. The van der Waals surface area contributed by atoms with Crippen molar-refractivity contribution in [2.75, 3.05) is 4.90 Å². The molecule has 1 aliphatic heterocycles. The molecule has 0 bridgehead atoms. The Morgan fingerprint density at radius 3 is 2.55 bits per heavy atom. The minimum atomic E-state index is -0.651. The molecule has 0 aliphatic carbocycles. The van der Waals surface area contributed by atoms with E-state index in [0.29, 0.717) is 33.1 Å². The second-order valence-corrected chi connectivity index (χ2v) is 9.04. The van der Waals surface area contributed by atoms with E-state index in [-0.39, 0.29) is 11.2 Å². The zero-order valence-electron chi connectivity index (χ0n) is 17.1. The van der Waals surface area contributed by atoms with Gasteiger partial charge in [-0.3, -0.25) is 14.5 Å². The number of benzene rings is 2. The minimum Gasteiger partial charge on any atom is -0.450 e. The second kappa shape index (κ2) is 7.28.